The van der Waals surface area contributed by atoms with Crippen molar-refractivity contribution in [3.8, 4) is 12.1 Å². The molecule has 0 aliphatic heterocycles. The SMILES string of the molecule is N#Cc1ccc(F)cc1Cn1cccc(C#N)c1=O. The maximum Gasteiger partial charge on any atom is 0.268 e. The largest absolute Gasteiger partial charge is 0.310 e. The zero-order valence-electron chi connectivity index (χ0n) is 9.80. The molecule has 0 fully saturated rings. The van der Waals surface area contributed by atoms with Crippen LogP contribution >= 0.6 is 0 Å². The van der Waals surface area contributed by atoms with E-state index >= 15 is 0 Å². The van der Waals surface area contributed by atoms with Crippen molar-refractivity contribution in [2.24, 2.45) is 0 Å². The Balaban J connectivity index is 2.49. The minimum atomic E-state index is -0.474. The van der Waals surface area contributed by atoms with Crippen molar-refractivity contribution in [3.63, 3.8) is 0 Å². The lowest BCUT2D eigenvalue weighted by Gasteiger charge is -2.07. The summed E-state index contributed by atoms with van der Waals surface area (Å²) in [6, 6.07) is 10.5. The monoisotopic (exact) mass is 253 g/mol. The zero-order chi connectivity index (χ0) is 13.8. The summed E-state index contributed by atoms with van der Waals surface area (Å²) < 4.78 is 14.5. The van der Waals surface area contributed by atoms with Crippen LogP contribution in [0.25, 0.3) is 0 Å². The summed E-state index contributed by atoms with van der Waals surface area (Å²) in [4.78, 5) is 11.9. The van der Waals surface area contributed by atoms with E-state index in [9.17, 15) is 9.18 Å². The molecule has 1 aromatic carbocycles. The van der Waals surface area contributed by atoms with Gasteiger partial charge in [-0.1, -0.05) is 0 Å². The van der Waals surface area contributed by atoms with Crippen molar-refractivity contribution in [3.05, 3.63) is 69.4 Å². The molecule has 2 rings (SSSR count). The molecule has 1 heterocycles. The second-order valence-electron chi connectivity index (χ2n) is 3.88. The number of pyridine rings is 1. The van der Waals surface area contributed by atoms with Gasteiger partial charge in [-0.3, -0.25) is 4.79 Å². The van der Waals surface area contributed by atoms with Gasteiger partial charge in [0, 0.05) is 6.20 Å². The van der Waals surface area contributed by atoms with E-state index < -0.39 is 11.4 Å². The number of rotatable bonds is 2. The van der Waals surface area contributed by atoms with E-state index in [1.165, 1.54) is 35.0 Å². The van der Waals surface area contributed by atoms with Crippen LogP contribution in [0.15, 0.2) is 41.3 Å². The molecule has 19 heavy (non-hydrogen) atoms. The number of halogens is 1. The van der Waals surface area contributed by atoms with Gasteiger partial charge in [0.25, 0.3) is 5.56 Å². The summed E-state index contributed by atoms with van der Waals surface area (Å²) in [5.74, 6) is -0.474. The lowest BCUT2D eigenvalue weighted by molar-refractivity contribution is 0.622. The second kappa shape index (κ2) is 5.16. The van der Waals surface area contributed by atoms with Gasteiger partial charge in [-0.15, -0.1) is 0 Å². The number of benzene rings is 1. The fourth-order valence-corrected chi connectivity index (χ4v) is 1.73. The van der Waals surface area contributed by atoms with Gasteiger partial charge < -0.3 is 4.57 Å². The summed E-state index contributed by atoms with van der Waals surface area (Å²) in [6.07, 6.45) is 1.50. The molecule has 0 radical (unpaired) electrons. The van der Waals surface area contributed by atoms with Crippen molar-refractivity contribution in [2.45, 2.75) is 6.54 Å². The van der Waals surface area contributed by atoms with Crippen LogP contribution in [-0.2, 0) is 6.54 Å². The summed E-state index contributed by atoms with van der Waals surface area (Å²) in [5.41, 5.74) is 0.255. The van der Waals surface area contributed by atoms with Crippen molar-refractivity contribution < 1.29 is 4.39 Å². The van der Waals surface area contributed by atoms with Crippen LogP contribution in [0.2, 0.25) is 0 Å². The van der Waals surface area contributed by atoms with Gasteiger partial charge in [0.1, 0.15) is 17.4 Å². The van der Waals surface area contributed by atoms with Crippen LogP contribution in [0.1, 0.15) is 16.7 Å². The fourth-order valence-electron chi connectivity index (χ4n) is 1.73. The molecule has 0 bridgehead atoms. The molecule has 0 aliphatic rings. The summed E-state index contributed by atoms with van der Waals surface area (Å²) in [6.45, 7) is 0.0506. The number of nitriles is 2. The minimum absolute atomic E-state index is 0.0115. The molecular formula is C14H8FN3O. The lowest BCUT2D eigenvalue weighted by atomic mass is 10.1. The third-order valence-corrected chi connectivity index (χ3v) is 2.67. The summed E-state index contributed by atoms with van der Waals surface area (Å²) in [7, 11) is 0. The number of hydrogen-bond acceptors (Lipinski definition) is 3. The second-order valence-corrected chi connectivity index (χ2v) is 3.88. The molecule has 5 heteroatoms. The van der Waals surface area contributed by atoms with Crippen LogP contribution in [0, 0.1) is 28.5 Å². The van der Waals surface area contributed by atoms with Gasteiger partial charge in [-0.25, -0.2) is 4.39 Å². The van der Waals surface area contributed by atoms with Gasteiger partial charge in [-0.2, -0.15) is 10.5 Å². The summed E-state index contributed by atoms with van der Waals surface area (Å²) >= 11 is 0. The normalized spacial score (nSPS) is 9.63. The Morgan fingerprint density at radius 2 is 1.89 bits per heavy atom. The highest BCUT2D eigenvalue weighted by Crippen LogP contribution is 2.11. The van der Waals surface area contributed by atoms with Gasteiger partial charge in [0.05, 0.1) is 18.2 Å². The van der Waals surface area contributed by atoms with Crippen LogP contribution in [0.4, 0.5) is 4.39 Å². The zero-order valence-corrected chi connectivity index (χ0v) is 9.80. The van der Waals surface area contributed by atoms with Gasteiger partial charge >= 0.3 is 0 Å². The predicted octanol–water partition coefficient (Wildman–Crippen LogP) is 1.78. The number of hydrogen-bond donors (Lipinski definition) is 0. The van der Waals surface area contributed by atoms with E-state index in [1.807, 2.05) is 6.07 Å². The maximum absolute atomic E-state index is 13.2. The van der Waals surface area contributed by atoms with Crippen molar-refractivity contribution >= 4 is 0 Å². The maximum atomic E-state index is 13.2. The van der Waals surface area contributed by atoms with Gasteiger partial charge in [0.2, 0.25) is 0 Å². The Kier molecular flexibility index (Phi) is 3.40. The molecule has 0 saturated carbocycles. The molecule has 0 saturated heterocycles. The van der Waals surface area contributed by atoms with Crippen LogP contribution in [-0.4, -0.2) is 4.57 Å². The average molecular weight is 253 g/mol. The molecule has 4 nitrogen and oxygen atoms in total. The topological polar surface area (TPSA) is 69.6 Å². The molecule has 1 aromatic heterocycles. The van der Waals surface area contributed by atoms with E-state index in [0.717, 1.165) is 0 Å². The molecule has 0 aliphatic carbocycles. The first-order chi connectivity index (χ1) is 9.15. The number of aromatic nitrogens is 1. The number of nitrogens with zero attached hydrogens (tertiary/aromatic N) is 3. The first-order valence-corrected chi connectivity index (χ1v) is 5.44. The van der Waals surface area contributed by atoms with Crippen molar-refractivity contribution in [2.75, 3.05) is 0 Å². The van der Waals surface area contributed by atoms with E-state index in [1.54, 1.807) is 12.1 Å². The summed E-state index contributed by atoms with van der Waals surface area (Å²) in [5, 5.41) is 17.7. The molecule has 0 spiro atoms. The van der Waals surface area contributed by atoms with Gasteiger partial charge in [-0.05, 0) is 35.9 Å². The van der Waals surface area contributed by atoms with E-state index in [2.05, 4.69) is 0 Å². The average Bonchev–Trinajstić information content (AvgIpc) is 2.41. The quantitative estimate of drug-likeness (QED) is 0.819. The highest BCUT2D eigenvalue weighted by molar-refractivity contribution is 5.38. The molecular weight excluding hydrogens is 245 g/mol. The fraction of sp³-hybridized carbons (Fsp3) is 0.0714. The highest BCUT2D eigenvalue weighted by Gasteiger charge is 2.07. The van der Waals surface area contributed by atoms with Crippen molar-refractivity contribution in [1.82, 2.24) is 4.57 Å². The predicted molar refractivity (Wildman–Crippen MR) is 65.6 cm³/mol. The molecule has 0 unspecified atom stereocenters. The molecule has 2 aromatic rings. The molecule has 0 amide bonds. The minimum Gasteiger partial charge on any atom is -0.310 e. The molecule has 92 valence electrons. The Morgan fingerprint density at radius 1 is 1.16 bits per heavy atom. The molecule has 0 N–H and O–H groups in total. The third-order valence-electron chi connectivity index (χ3n) is 2.67. The standard InChI is InChI=1S/C14H8FN3O/c15-13-4-3-10(7-16)12(6-13)9-18-5-1-2-11(8-17)14(18)19/h1-6H,9H2. The van der Waals surface area contributed by atoms with Crippen LogP contribution in [0.5, 0.6) is 0 Å². The first kappa shape index (κ1) is 12.5. The van der Waals surface area contributed by atoms with Gasteiger partial charge in [0.15, 0.2) is 0 Å². The Hall–Kier alpha value is -2.92. The smallest absolute Gasteiger partial charge is 0.268 e. The Bertz CT molecular complexity index is 765. The Labute approximate surface area is 108 Å². The van der Waals surface area contributed by atoms with Crippen LogP contribution < -0.4 is 5.56 Å². The Morgan fingerprint density at radius 3 is 2.58 bits per heavy atom. The lowest BCUT2D eigenvalue weighted by Crippen LogP contribution is -2.22. The first-order valence-electron chi connectivity index (χ1n) is 5.44. The highest BCUT2D eigenvalue weighted by atomic mass is 19.1. The molecule has 0 atom stereocenters. The van der Waals surface area contributed by atoms with E-state index in [4.69, 9.17) is 10.5 Å². The van der Waals surface area contributed by atoms with Crippen molar-refractivity contribution in [1.29, 1.82) is 10.5 Å². The van der Waals surface area contributed by atoms with Crippen LogP contribution in [0.3, 0.4) is 0 Å². The van der Waals surface area contributed by atoms with E-state index in [-0.39, 0.29) is 12.1 Å². The van der Waals surface area contributed by atoms with E-state index in [0.29, 0.717) is 11.1 Å². The third kappa shape index (κ3) is 2.51.